The number of esters is 1. The normalized spacial score (nSPS) is 10.2. The molecule has 0 aliphatic rings. The number of ether oxygens (including phenoxy) is 1. The molecule has 5 heteroatoms. The van der Waals surface area contributed by atoms with E-state index in [4.69, 9.17) is 4.74 Å². The molecule has 0 fully saturated rings. The van der Waals surface area contributed by atoms with E-state index in [1.165, 1.54) is 0 Å². The van der Waals surface area contributed by atoms with Crippen LogP contribution in [0.3, 0.4) is 0 Å². The van der Waals surface area contributed by atoms with Gasteiger partial charge in [0, 0.05) is 11.4 Å². The number of rotatable bonds is 7. The van der Waals surface area contributed by atoms with Crippen LogP contribution in [0.2, 0.25) is 0 Å². The third-order valence-electron chi connectivity index (χ3n) is 3.52. The van der Waals surface area contributed by atoms with Gasteiger partial charge in [-0.05, 0) is 67.8 Å². The van der Waals surface area contributed by atoms with Gasteiger partial charge in [0.05, 0.1) is 18.7 Å². The van der Waals surface area contributed by atoms with Gasteiger partial charge in [0.15, 0.2) is 0 Å². The van der Waals surface area contributed by atoms with Gasteiger partial charge in [0.2, 0.25) is 5.91 Å². The molecule has 0 heterocycles. The van der Waals surface area contributed by atoms with E-state index in [1.807, 2.05) is 32.9 Å². The minimum atomic E-state index is -0.351. The Kier molecular flexibility index (Phi) is 6.57. The average molecular weight is 340 g/mol. The third kappa shape index (κ3) is 5.95. The van der Waals surface area contributed by atoms with Gasteiger partial charge in [-0.15, -0.1) is 0 Å². The summed E-state index contributed by atoms with van der Waals surface area (Å²) in [7, 11) is 0. The van der Waals surface area contributed by atoms with Gasteiger partial charge in [-0.1, -0.05) is 13.0 Å². The molecule has 0 atom stereocenters. The van der Waals surface area contributed by atoms with Crippen molar-refractivity contribution in [3.63, 3.8) is 0 Å². The molecule has 0 saturated heterocycles. The minimum Gasteiger partial charge on any atom is -0.462 e. The van der Waals surface area contributed by atoms with Crippen LogP contribution in [0.25, 0.3) is 0 Å². The first kappa shape index (κ1) is 18.5. The molecule has 0 aliphatic carbocycles. The minimum absolute atomic E-state index is 0.152. The Hall–Kier alpha value is -2.82. The number of hydrogen-bond donors (Lipinski definition) is 2. The van der Waals surface area contributed by atoms with Crippen molar-refractivity contribution in [3.05, 3.63) is 59.2 Å². The number of anilines is 2. The lowest BCUT2D eigenvalue weighted by molar-refractivity contribution is -0.114. The standard InChI is InChI=1S/C20H24N2O3/c1-4-9-25-20(24)16-5-7-17(8-6-16)22-19(23)13-21-18-11-14(2)10-15(3)12-18/h5-8,10-12,21H,4,9,13H2,1-3H3,(H,22,23). The molecule has 5 nitrogen and oxygen atoms in total. The largest absolute Gasteiger partial charge is 0.462 e. The number of carbonyl (C=O) groups is 2. The van der Waals surface area contributed by atoms with Gasteiger partial charge in [-0.25, -0.2) is 4.79 Å². The average Bonchev–Trinajstić information content (AvgIpc) is 2.58. The highest BCUT2D eigenvalue weighted by Crippen LogP contribution is 2.14. The highest BCUT2D eigenvalue weighted by Gasteiger charge is 2.07. The van der Waals surface area contributed by atoms with E-state index in [1.54, 1.807) is 24.3 Å². The molecular weight excluding hydrogens is 316 g/mol. The van der Waals surface area contributed by atoms with Crippen molar-refractivity contribution < 1.29 is 14.3 Å². The maximum atomic E-state index is 12.1. The number of benzene rings is 2. The Labute approximate surface area is 148 Å². The lowest BCUT2D eigenvalue weighted by Crippen LogP contribution is -2.21. The van der Waals surface area contributed by atoms with Gasteiger partial charge in [0.25, 0.3) is 0 Å². The summed E-state index contributed by atoms with van der Waals surface area (Å²) >= 11 is 0. The Morgan fingerprint density at radius 2 is 1.60 bits per heavy atom. The number of amides is 1. The van der Waals surface area contributed by atoms with E-state index in [2.05, 4.69) is 16.7 Å². The summed E-state index contributed by atoms with van der Waals surface area (Å²) in [4.78, 5) is 23.8. The fourth-order valence-electron chi connectivity index (χ4n) is 2.43. The first-order valence-electron chi connectivity index (χ1n) is 8.37. The Morgan fingerprint density at radius 3 is 2.20 bits per heavy atom. The van der Waals surface area contributed by atoms with Crippen molar-refractivity contribution in [3.8, 4) is 0 Å². The summed E-state index contributed by atoms with van der Waals surface area (Å²) in [5, 5.41) is 5.91. The molecule has 0 saturated carbocycles. The highest BCUT2D eigenvalue weighted by molar-refractivity contribution is 5.95. The Morgan fingerprint density at radius 1 is 0.960 bits per heavy atom. The van der Waals surface area contributed by atoms with Crippen molar-refractivity contribution in [2.75, 3.05) is 23.8 Å². The topological polar surface area (TPSA) is 67.4 Å². The van der Waals surface area contributed by atoms with Crippen molar-refractivity contribution in [1.82, 2.24) is 0 Å². The van der Waals surface area contributed by atoms with Gasteiger partial charge in [0.1, 0.15) is 0 Å². The SMILES string of the molecule is CCCOC(=O)c1ccc(NC(=O)CNc2cc(C)cc(C)c2)cc1. The predicted molar refractivity (Wildman–Crippen MR) is 100 cm³/mol. The monoisotopic (exact) mass is 340 g/mol. The van der Waals surface area contributed by atoms with E-state index >= 15 is 0 Å². The second-order valence-corrected chi connectivity index (χ2v) is 5.99. The maximum Gasteiger partial charge on any atom is 0.338 e. The molecule has 1 amide bonds. The summed E-state index contributed by atoms with van der Waals surface area (Å²) in [5.74, 6) is -0.503. The van der Waals surface area contributed by atoms with Crippen molar-refractivity contribution in [2.45, 2.75) is 27.2 Å². The molecule has 2 N–H and O–H groups in total. The second-order valence-electron chi connectivity index (χ2n) is 5.99. The highest BCUT2D eigenvalue weighted by atomic mass is 16.5. The number of hydrogen-bond acceptors (Lipinski definition) is 4. The van der Waals surface area contributed by atoms with E-state index in [0.717, 1.165) is 23.2 Å². The summed E-state index contributed by atoms with van der Waals surface area (Å²) in [5.41, 5.74) is 4.32. The molecule has 0 bridgehead atoms. The molecule has 2 aromatic rings. The lowest BCUT2D eigenvalue weighted by atomic mass is 10.1. The zero-order valence-electron chi connectivity index (χ0n) is 14.9. The van der Waals surface area contributed by atoms with Crippen LogP contribution < -0.4 is 10.6 Å². The van der Waals surface area contributed by atoms with Crippen LogP contribution in [-0.2, 0) is 9.53 Å². The van der Waals surface area contributed by atoms with Crippen LogP contribution >= 0.6 is 0 Å². The molecule has 0 aliphatic heterocycles. The smallest absolute Gasteiger partial charge is 0.338 e. The summed E-state index contributed by atoms with van der Waals surface area (Å²) in [6.07, 6.45) is 0.785. The first-order chi connectivity index (χ1) is 12.0. The Balaban J connectivity index is 1.86. The Bertz CT molecular complexity index is 719. The van der Waals surface area contributed by atoms with E-state index < -0.39 is 0 Å². The number of carbonyl (C=O) groups excluding carboxylic acids is 2. The fourth-order valence-corrected chi connectivity index (χ4v) is 2.43. The molecule has 2 rings (SSSR count). The first-order valence-corrected chi connectivity index (χ1v) is 8.37. The van der Waals surface area contributed by atoms with Crippen LogP contribution in [0, 0.1) is 13.8 Å². The third-order valence-corrected chi connectivity index (χ3v) is 3.52. The summed E-state index contributed by atoms with van der Waals surface area (Å²) < 4.78 is 5.07. The van der Waals surface area contributed by atoms with Crippen LogP contribution in [-0.4, -0.2) is 25.0 Å². The molecule has 0 aromatic heterocycles. The van der Waals surface area contributed by atoms with Gasteiger partial charge in [-0.2, -0.15) is 0 Å². The van der Waals surface area contributed by atoms with Crippen molar-refractivity contribution >= 4 is 23.3 Å². The quantitative estimate of drug-likeness (QED) is 0.750. The second kappa shape index (κ2) is 8.87. The van der Waals surface area contributed by atoms with Crippen LogP contribution in [0.15, 0.2) is 42.5 Å². The summed E-state index contributed by atoms with van der Waals surface area (Å²) in [6.45, 7) is 6.55. The van der Waals surface area contributed by atoms with Crippen molar-refractivity contribution in [1.29, 1.82) is 0 Å². The molecule has 2 aromatic carbocycles. The maximum absolute atomic E-state index is 12.1. The van der Waals surface area contributed by atoms with Crippen LogP contribution in [0.5, 0.6) is 0 Å². The van der Waals surface area contributed by atoms with Gasteiger partial charge >= 0.3 is 5.97 Å². The van der Waals surface area contributed by atoms with Crippen LogP contribution in [0.4, 0.5) is 11.4 Å². The zero-order valence-corrected chi connectivity index (χ0v) is 14.9. The van der Waals surface area contributed by atoms with Crippen molar-refractivity contribution in [2.24, 2.45) is 0 Å². The molecule has 0 radical (unpaired) electrons. The molecule has 0 unspecified atom stereocenters. The van der Waals surface area contributed by atoms with E-state index in [0.29, 0.717) is 17.9 Å². The predicted octanol–water partition coefficient (Wildman–Crippen LogP) is 3.92. The molecule has 25 heavy (non-hydrogen) atoms. The number of aryl methyl sites for hydroxylation is 2. The van der Waals surface area contributed by atoms with Crippen LogP contribution in [0.1, 0.15) is 34.8 Å². The van der Waals surface area contributed by atoms with E-state index in [9.17, 15) is 9.59 Å². The number of nitrogens with one attached hydrogen (secondary N) is 2. The fraction of sp³-hybridized carbons (Fsp3) is 0.300. The van der Waals surface area contributed by atoms with Gasteiger partial charge in [-0.3, -0.25) is 4.79 Å². The zero-order chi connectivity index (χ0) is 18.2. The molecule has 132 valence electrons. The summed E-state index contributed by atoms with van der Waals surface area (Å²) in [6, 6.07) is 12.7. The lowest BCUT2D eigenvalue weighted by Gasteiger charge is -2.10. The van der Waals surface area contributed by atoms with Gasteiger partial charge < -0.3 is 15.4 Å². The molecular formula is C20H24N2O3. The molecule has 0 spiro atoms. The van der Waals surface area contributed by atoms with E-state index in [-0.39, 0.29) is 18.4 Å².